The van der Waals surface area contributed by atoms with Crippen molar-refractivity contribution < 1.29 is 14.4 Å². The third-order valence-corrected chi connectivity index (χ3v) is 3.81. The molecule has 1 unspecified atom stereocenters. The molecule has 0 saturated carbocycles. The molecule has 116 valence electrons. The summed E-state index contributed by atoms with van der Waals surface area (Å²) >= 11 is 0. The number of para-hydroxylation sites is 2. The molecular weight excluding hydrogens is 294 g/mol. The van der Waals surface area contributed by atoms with E-state index >= 15 is 0 Å². The molecule has 0 aliphatic carbocycles. The number of nitrogen functional groups attached to an aromatic ring is 1. The molecule has 6 nitrogen and oxygen atoms in total. The van der Waals surface area contributed by atoms with Crippen LogP contribution in [0, 0.1) is 0 Å². The van der Waals surface area contributed by atoms with E-state index in [1.54, 1.807) is 48.5 Å². The van der Waals surface area contributed by atoms with Gasteiger partial charge in [0.25, 0.3) is 11.8 Å². The zero-order valence-corrected chi connectivity index (χ0v) is 12.4. The lowest BCUT2D eigenvalue weighted by Gasteiger charge is -2.22. The number of imide groups is 1. The number of carbonyl (C=O) groups is 3. The summed E-state index contributed by atoms with van der Waals surface area (Å²) in [5.41, 5.74) is 7.27. The van der Waals surface area contributed by atoms with Crippen molar-refractivity contribution in [3.63, 3.8) is 0 Å². The van der Waals surface area contributed by atoms with E-state index in [9.17, 15) is 14.4 Å². The number of nitrogens with two attached hydrogens (primary N) is 1. The highest BCUT2D eigenvalue weighted by molar-refractivity contribution is 6.23. The minimum absolute atomic E-state index is 0.316. The maximum Gasteiger partial charge on any atom is 0.262 e. The lowest BCUT2D eigenvalue weighted by atomic mass is 10.1. The van der Waals surface area contributed by atoms with Crippen LogP contribution >= 0.6 is 0 Å². The molecule has 23 heavy (non-hydrogen) atoms. The molecular formula is C17H15N3O3. The van der Waals surface area contributed by atoms with Crippen molar-refractivity contribution in [3.8, 4) is 0 Å². The number of nitrogens with zero attached hydrogens (tertiary/aromatic N) is 1. The summed E-state index contributed by atoms with van der Waals surface area (Å²) in [4.78, 5) is 38.1. The van der Waals surface area contributed by atoms with Crippen molar-refractivity contribution in [1.82, 2.24) is 4.90 Å². The highest BCUT2D eigenvalue weighted by atomic mass is 16.2. The zero-order chi connectivity index (χ0) is 16.6. The van der Waals surface area contributed by atoms with Crippen LogP contribution < -0.4 is 11.1 Å². The van der Waals surface area contributed by atoms with E-state index in [0.717, 1.165) is 4.90 Å². The molecule has 1 aliphatic heterocycles. The van der Waals surface area contributed by atoms with Crippen molar-refractivity contribution in [2.24, 2.45) is 0 Å². The molecule has 1 atom stereocenters. The van der Waals surface area contributed by atoms with Crippen LogP contribution in [0.15, 0.2) is 48.5 Å². The van der Waals surface area contributed by atoms with Crippen LogP contribution in [-0.2, 0) is 4.79 Å². The summed E-state index contributed by atoms with van der Waals surface area (Å²) in [6.45, 7) is 1.51. The van der Waals surface area contributed by atoms with Gasteiger partial charge in [0.1, 0.15) is 6.04 Å². The van der Waals surface area contributed by atoms with E-state index in [1.165, 1.54) is 6.92 Å². The van der Waals surface area contributed by atoms with Gasteiger partial charge < -0.3 is 11.1 Å². The number of carbonyl (C=O) groups excluding carboxylic acids is 3. The molecule has 2 aromatic carbocycles. The third-order valence-electron chi connectivity index (χ3n) is 3.81. The monoisotopic (exact) mass is 309 g/mol. The molecule has 1 aliphatic rings. The molecule has 2 aromatic rings. The molecule has 0 fully saturated rings. The van der Waals surface area contributed by atoms with Gasteiger partial charge in [-0.15, -0.1) is 0 Å². The maximum absolute atomic E-state index is 12.4. The fourth-order valence-corrected chi connectivity index (χ4v) is 2.52. The Morgan fingerprint density at radius 2 is 1.52 bits per heavy atom. The minimum Gasteiger partial charge on any atom is -0.397 e. The Bertz CT molecular complexity index is 781. The van der Waals surface area contributed by atoms with Crippen LogP contribution in [0.5, 0.6) is 0 Å². The lowest BCUT2D eigenvalue weighted by Crippen LogP contribution is -2.45. The normalized spacial score (nSPS) is 14.6. The Morgan fingerprint density at radius 1 is 1.00 bits per heavy atom. The van der Waals surface area contributed by atoms with Crippen LogP contribution in [-0.4, -0.2) is 28.7 Å². The number of fused-ring (bicyclic) bond motifs is 1. The number of nitrogens with one attached hydrogen (secondary N) is 1. The van der Waals surface area contributed by atoms with Gasteiger partial charge in [0.2, 0.25) is 5.91 Å². The lowest BCUT2D eigenvalue weighted by molar-refractivity contribution is -0.119. The van der Waals surface area contributed by atoms with Gasteiger partial charge >= 0.3 is 0 Å². The van der Waals surface area contributed by atoms with E-state index in [0.29, 0.717) is 22.5 Å². The van der Waals surface area contributed by atoms with E-state index < -0.39 is 23.8 Å². The number of hydrogen-bond acceptors (Lipinski definition) is 4. The molecule has 3 rings (SSSR count). The number of benzene rings is 2. The Hall–Kier alpha value is -3.15. The van der Waals surface area contributed by atoms with Crippen molar-refractivity contribution in [3.05, 3.63) is 59.7 Å². The van der Waals surface area contributed by atoms with E-state index in [2.05, 4.69) is 5.32 Å². The van der Waals surface area contributed by atoms with E-state index in [-0.39, 0.29) is 0 Å². The first kappa shape index (κ1) is 14.8. The van der Waals surface area contributed by atoms with Crippen molar-refractivity contribution in [2.45, 2.75) is 13.0 Å². The van der Waals surface area contributed by atoms with Gasteiger partial charge in [-0.05, 0) is 31.2 Å². The molecule has 6 heteroatoms. The van der Waals surface area contributed by atoms with Gasteiger partial charge in [-0.2, -0.15) is 0 Å². The van der Waals surface area contributed by atoms with Gasteiger partial charge in [0.15, 0.2) is 0 Å². The summed E-state index contributed by atoms with van der Waals surface area (Å²) in [7, 11) is 0. The smallest absolute Gasteiger partial charge is 0.262 e. The minimum atomic E-state index is -0.943. The van der Waals surface area contributed by atoms with Crippen LogP contribution in [0.2, 0.25) is 0 Å². The molecule has 0 aromatic heterocycles. The predicted octanol–water partition coefficient (Wildman–Crippen LogP) is 1.89. The summed E-state index contributed by atoms with van der Waals surface area (Å²) in [6, 6.07) is 12.4. The van der Waals surface area contributed by atoms with E-state index in [1.807, 2.05) is 0 Å². The average molecular weight is 309 g/mol. The van der Waals surface area contributed by atoms with Crippen LogP contribution in [0.1, 0.15) is 27.6 Å². The first-order chi connectivity index (χ1) is 11.0. The van der Waals surface area contributed by atoms with Gasteiger partial charge in [0.05, 0.1) is 22.5 Å². The SMILES string of the molecule is CC(C(=O)Nc1ccccc1N)N1C(=O)c2ccccc2C1=O. The molecule has 1 heterocycles. The number of hydrogen-bond donors (Lipinski definition) is 2. The first-order valence-corrected chi connectivity index (χ1v) is 7.13. The second kappa shape index (κ2) is 5.57. The second-order valence-electron chi connectivity index (χ2n) is 5.28. The summed E-state index contributed by atoms with van der Waals surface area (Å²) in [5, 5.41) is 2.64. The van der Waals surface area contributed by atoms with Crippen molar-refractivity contribution in [1.29, 1.82) is 0 Å². The molecule has 3 amide bonds. The van der Waals surface area contributed by atoms with Gasteiger partial charge in [-0.1, -0.05) is 24.3 Å². The van der Waals surface area contributed by atoms with Crippen LogP contribution in [0.4, 0.5) is 11.4 Å². The third kappa shape index (κ3) is 2.44. The average Bonchev–Trinajstić information content (AvgIpc) is 2.81. The van der Waals surface area contributed by atoms with Gasteiger partial charge in [-0.3, -0.25) is 19.3 Å². The van der Waals surface area contributed by atoms with Crippen molar-refractivity contribution >= 4 is 29.1 Å². The molecule has 0 radical (unpaired) electrons. The Labute approximate surface area is 132 Å². The fraction of sp³-hybridized carbons (Fsp3) is 0.118. The summed E-state index contributed by atoms with van der Waals surface area (Å²) < 4.78 is 0. The number of amides is 3. The first-order valence-electron chi connectivity index (χ1n) is 7.13. The highest BCUT2D eigenvalue weighted by Gasteiger charge is 2.40. The molecule has 3 N–H and O–H groups in total. The van der Waals surface area contributed by atoms with Crippen LogP contribution in [0.3, 0.4) is 0 Å². The maximum atomic E-state index is 12.4. The topological polar surface area (TPSA) is 92.5 Å². The zero-order valence-electron chi connectivity index (χ0n) is 12.4. The summed E-state index contributed by atoms with van der Waals surface area (Å²) in [6.07, 6.45) is 0. The van der Waals surface area contributed by atoms with Gasteiger partial charge in [-0.25, -0.2) is 0 Å². The largest absolute Gasteiger partial charge is 0.397 e. The second-order valence-corrected chi connectivity index (χ2v) is 5.28. The molecule has 0 bridgehead atoms. The predicted molar refractivity (Wildman–Crippen MR) is 85.9 cm³/mol. The standard InChI is InChI=1S/C17H15N3O3/c1-10(15(21)19-14-9-5-4-8-13(14)18)20-16(22)11-6-2-3-7-12(11)17(20)23/h2-10H,18H2,1H3,(H,19,21). The summed E-state index contributed by atoms with van der Waals surface area (Å²) in [5.74, 6) is -1.40. The fourth-order valence-electron chi connectivity index (χ4n) is 2.52. The highest BCUT2D eigenvalue weighted by Crippen LogP contribution is 2.25. The molecule has 0 saturated heterocycles. The molecule has 0 spiro atoms. The van der Waals surface area contributed by atoms with Crippen LogP contribution in [0.25, 0.3) is 0 Å². The number of anilines is 2. The van der Waals surface area contributed by atoms with Gasteiger partial charge in [0, 0.05) is 0 Å². The Morgan fingerprint density at radius 3 is 2.09 bits per heavy atom. The quantitative estimate of drug-likeness (QED) is 0.669. The Balaban J connectivity index is 1.83. The van der Waals surface area contributed by atoms with Crippen molar-refractivity contribution in [2.75, 3.05) is 11.1 Å². The Kier molecular flexibility index (Phi) is 3.57. The van der Waals surface area contributed by atoms with E-state index in [4.69, 9.17) is 5.73 Å². The number of rotatable bonds is 3.